The topological polar surface area (TPSA) is 237 Å². The second-order valence-corrected chi connectivity index (χ2v) is 30.3. The Labute approximate surface area is 621 Å². The van der Waals surface area contributed by atoms with Gasteiger partial charge in [0.15, 0.2) is 12.2 Å². The van der Waals surface area contributed by atoms with Crippen LogP contribution in [0.5, 0.6) is 0 Å². The van der Waals surface area contributed by atoms with Gasteiger partial charge in [0.1, 0.15) is 19.3 Å². The van der Waals surface area contributed by atoms with E-state index in [1.54, 1.807) is 0 Å². The van der Waals surface area contributed by atoms with Gasteiger partial charge in [-0.25, -0.2) is 9.13 Å². The molecule has 0 aromatic rings. The SMILES string of the molecule is CC/C=C\C/C=C\C/C=C\C/C=C\CCCCCCC(=O)OC(COC(=O)CCCCCCCC/C=C\C/C=C\C/C=C\CCCCC)COP(=O)(O)OCC(O)COP(=O)(O)OCC(COC(=O)CCCCCCCCCCCCCCC)OC(=O)CCCCCCCCCCCCCCC. The van der Waals surface area contributed by atoms with Gasteiger partial charge in [-0.1, -0.05) is 318 Å². The van der Waals surface area contributed by atoms with E-state index in [2.05, 4.69) is 113 Å². The Balaban J connectivity index is 5.36. The van der Waals surface area contributed by atoms with Crippen molar-refractivity contribution in [2.75, 3.05) is 39.6 Å². The molecule has 0 aliphatic carbocycles. The lowest BCUT2D eigenvalue weighted by molar-refractivity contribution is -0.161. The zero-order chi connectivity index (χ0) is 74.6. The van der Waals surface area contributed by atoms with Crippen LogP contribution in [0, 0.1) is 0 Å². The molecule has 5 unspecified atom stereocenters. The van der Waals surface area contributed by atoms with E-state index in [1.165, 1.54) is 128 Å². The summed E-state index contributed by atoms with van der Waals surface area (Å²) in [6, 6.07) is 0. The van der Waals surface area contributed by atoms with E-state index < -0.39 is 97.5 Å². The van der Waals surface area contributed by atoms with E-state index in [9.17, 15) is 43.2 Å². The molecule has 0 aliphatic heterocycles. The van der Waals surface area contributed by atoms with Crippen molar-refractivity contribution in [2.45, 2.75) is 380 Å². The first-order chi connectivity index (χ1) is 49.7. The summed E-state index contributed by atoms with van der Waals surface area (Å²) in [6.07, 6.45) is 78.4. The molecule has 3 N–H and O–H groups in total. The molecule has 0 bridgehead atoms. The number of hydrogen-bond donors (Lipinski definition) is 3. The molecule has 0 fully saturated rings. The number of ether oxygens (including phenoxy) is 4. The van der Waals surface area contributed by atoms with Gasteiger partial charge in [0.25, 0.3) is 0 Å². The Morgan fingerprint density at radius 3 is 0.804 bits per heavy atom. The average Bonchev–Trinajstić information content (AvgIpc) is 0.908. The molecule has 0 aliphatic rings. The molecular weight excluding hydrogens is 1330 g/mol. The van der Waals surface area contributed by atoms with Crippen LogP contribution in [0.15, 0.2) is 85.1 Å². The summed E-state index contributed by atoms with van der Waals surface area (Å²) >= 11 is 0. The number of aliphatic hydroxyl groups excluding tert-OH is 1. The smallest absolute Gasteiger partial charge is 0.462 e. The van der Waals surface area contributed by atoms with Crippen molar-refractivity contribution >= 4 is 39.5 Å². The number of phosphoric ester groups is 2. The molecule has 5 atom stereocenters. The number of phosphoric acid groups is 2. The number of rotatable bonds is 77. The lowest BCUT2D eigenvalue weighted by Crippen LogP contribution is -2.30. The highest BCUT2D eigenvalue weighted by atomic mass is 31.2. The summed E-state index contributed by atoms with van der Waals surface area (Å²) < 4.78 is 68.6. The minimum absolute atomic E-state index is 0.0652. The van der Waals surface area contributed by atoms with Crippen molar-refractivity contribution in [3.8, 4) is 0 Å². The Hall–Kier alpha value is -3.76. The largest absolute Gasteiger partial charge is 0.472 e. The van der Waals surface area contributed by atoms with Gasteiger partial charge in [-0.05, 0) is 103 Å². The lowest BCUT2D eigenvalue weighted by atomic mass is 10.0. The van der Waals surface area contributed by atoms with Crippen LogP contribution >= 0.6 is 15.6 Å². The van der Waals surface area contributed by atoms with E-state index in [0.717, 1.165) is 154 Å². The molecular formula is C83H148O17P2. The summed E-state index contributed by atoms with van der Waals surface area (Å²) in [7, 11) is -9.95. The van der Waals surface area contributed by atoms with Gasteiger partial charge in [0.2, 0.25) is 0 Å². The highest BCUT2D eigenvalue weighted by molar-refractivity contribution is 7.47. The molecule has 0 spiro atoms. The van der Waals surface area contributed by atoms with Crippen LogP contribution in [0.4, 0.5) is 0 Å². The molecule has 0 saturated carbocycles. The van der Waals surface area contributed by atoms with Crippen LogP contribution < -0.4 is 0 Å². The molecule has 0 heterocycles. The molecule has 0 amide bonds. The van der Waals surface area contributed by atoms with E-state index in [4.69, 9.17) is 37.0 Å². The molecule has 0 aromatic heterocycles. The molecule has 0 rings (SSSR count). The zero-order valence-electron chi connectivity index (χ0n) is 64.8. The Kier molecular flexibility index (Phi) is 72.7. The van der Waals surface area contributed by atoms with Gasteiger partial charge >= 0.3 is 39.5 Å². The number of allylic oxidation sites excluding steroid dienone is 14. The van der Waals surface area contributed by atoms with Gasteiger partial charge in [-0.2, -0.15) is 0 Å². The van der Waals surface area contributed by atoms with Crippen LogP contribution in [0.25, 0.3) is 0 Å². The van der Waals surface area contributed by atoms with Crippen molar-refractivity contribution in [1.82, 2.24) is 0 Å². The standard InChI is InChI=1S/C83H148O17P2/c1-5-9-13-17-21-25-29-33-35-37-38-40-41-45-48-52-56-60-64-68-81(86)94-74-79(100-83(88)70-66-62-58-54-50-46-42-39-36-34-30-26-22-18-14-10-6-2)76-98-102(91,92)96-72-77(84)71-95-101(89,90)97-75-78(99-82(87)69-65-61-57-53-49-44-32-28-24-20-16-12-8-4)73-93-80(85)67-63-59-55-51-47-43-31-27-23-19-15-11-7-3/h10,14,21-22,25-26,33-36,38,40,42,46,77-79,84H,5-9,11-13,15-20,23-24,27-32,37,39,41,43-45,47-76H2,1-4H3,(H,89,90)(H,91,92)/b14-10-,25-21-,26-22-,35-33-,36-34-,40-38-,46-42-. The summed E-state index contributed by atoms with van der Waals surface area (Å²) in [6.45, 7) is 4.76. The van der Waals surface area contributed by atoms with Gasteiger partial charge < -0.3 is 33.8 Å². The summed E-state index contributed by atoms with van der Waals surface area (Å²) in [4.78, 5) is 73.0. The maximum atomic E-state index is 13.1. The summed E-state index contributed by atoms with van der Waals surface area (Å²) in [5.74, 6) is -2.19. The monoisotopic (exact) mass is 1480 g/mol. The second-order valence-electron chi connectivity index (χ2n) is 27.3. The number of carbonyl (C=O) groups excluding carboxylic acids is 4. The third kappa shape index (κ3) is 74.5. The first-order valence-corrected chi connectivity index (χ1v) is 43.8. The predicted molar refractivity (Wildman–Crippen MR) is 418 cm³/mol. The molecule has 0 radical (unpaired) electrons. The van der Waals surface area contributed by atoms with E-state index in [0.29, 0.717) is 25.7 Å². The quantitative estimate of drug-likeness (QED) is 0.0169. The van der Waals surface area contributed by atoms with Gasteiger partial charge in [0, 0.05) is 25.7 Å². The fraction of sp³-hybridized carbons (Fsp3) is 0.783. The Morgan fingerprint density at radius 2 is 0.510 bits per heavy atom. The van der Waals surface area contributed by atoms with Crippen LogP contribution in [0.2, 0.25) is 0 Å². The van der Waals surface area contributed by atoms with Crippen LogP contribution in [0.1, 0.15) is 362 Å². The first kappa shape index (κ1) is 98.2. The van der Waals surface area contributed by atoms with Gasteiger partial charge in [-0.15, -0.1) is 0 Å². The number of hydrogen-bond acceptors (Lipinski definition) is 15. The minimum atomic E-state index is -4.98. The van der Waals surface area contributed by atoms with Crippen molar-refractivity contribution in [2.24, 2.45) is 0 Å². The summed E-state index contributed by atoms with van der Waals surface area (Å²) in [5, 5.41) is 10.6. The Morgan fingerprint density at radius 1 is 0.284 bits per heavy atom. The second kappa shape index (κ2) is 75.5. The average molecular weight is 1480 g/mol. The van der Waals surface area contributed by atoms with Crippen molar-refractivity contribution in [3.05, 3.63) is 85.1 Å². The number of unbranched alkanes of at least 4 members (excludes halogenated alkanes) is 37. The van der Waals surface area contributed by atoms with Crippen molar-refractivity contribution in [1.29, 1.82) is 0 Å². The van der Waals surface area contributed by atoms with E-state index in [-0.39, 0.29) is 25.7 Å². The summed E-state index contributed by atoms with van der Waals surface area (Å²) in [5.41, 5.74) is 0. The fourth-order valence-electron chi connectivity index (χ4n) is 11.2. The zero-order valence-corrected chi connectivity index (χ0v) is 66.6. The molecule has 17 nitrogen and oxygen atoms in total. The molecule has 592 valence electrons. The molecule has 0 aromatic carbocycles. The molecule has 19 heteroatoms. The number of aliphatic hydroxyl groups is 1. The highest BCUT2D eigenvalue weighted by Gasteiger charge is 2.30. The molecule has 0 saturated heterocycles. The van der Waals surface area contributed by atoms with Crippen LogP contribution in [-0.4, -0.2) is 96.7 Å². The highest BCUT2D eigenvalue weighted by Crippen LogP contribution is 2.45. The maximum absolute atomic E-state index is 13.1. The number of esters is 4. The maximum Gasteiger partial charge on any atom is 0.472 e. The van der Waals surface area contributed by atoms with Crippen LogP contribution in [-0.2, 0) is 65.4 Å². The normalized spacial score (nSPS) is 14.3. The van der Waals surface area contributed by atoms with E-state index in [1.807, 2.05) is 0 Å². The van der Waals surface area contributed by atoms with Gasteiger partial charge in [0.05, 0.1) is 26.4 Å². The third-order valence-corrected chi connectivity index (χ3v) is 19.3. The number of carbonyl (C=O) groups is 4. The van der Waals surface area contributed by atoms with Crippen molar-refractivity contribution < 1.29 is 80.2 Å². The third-order valence-electron chi connectivity index (χ3n) is 17.4. The molecule has 102 heavy (non-hydrogen) atoms. The van der Waals surface area contributed by atoms with Gasteiger partial charge in [-0.3, -0.25) is 37.3 Å². The van der Waals surface area contributed by atoms with Crippen molar-refractivity contribution in [3.63, 3.8) is 0 Å². The minimum Gasteiger partial charge on any atom is -0.462 e. The predicted octanol–water partition coefficient (Wildman–Crippen LogP) is 23.8. The lowest BCUT2D eigenvalue weighted by Gasteiger charge is -2.21. The Bertz CT molecular complexity index is 2260. The van der Waals surface area contributed by atoms with Crippen LogP contribution in [0.3, 0.4) is 0 Å². The first-order valence-electron chi connectivity index (χ1n) is 40.8. The van der Waals surface area contributed by atoms with E-state index >= 15 is 0 Å². The fourth-order valence-corrected chi connectivity index (χ4v) is 12.7.